The van der Waals surface area contributed by atoms with E-state index < -0.39 is 20.7 Å². The summed E-state index contributed by atoms with van der Waals surface area (Å²) < 4.78 is 21.8. The second kappa shape index (κ2) is 13.9. The van der Waals surface area contributed by atoms with Crippen molar-refractivity contribution in [1.82, 2.24) is 10.3 Å². The molecule has 0 bridgehead atoms. The van der Waals surface area contributed by atoms with E-state index in [4.69, 9.17) is 9.79 Å². The Kier molecular flexibility index (Phi) is 16.2. The maximum Gasteiger partial charge on any atom is 1.00 e. The molecular formula is C11H18N2Na2O6P2S. The minimum absolute atomic E-state index is 0. The second-order valence-electron chi connectivity index (χ2n) is 4.53. The van der Waals surface area contributed by atoms with E-state index in [1.165, 1.54) is 0 Å². The normalized spacial score (nSPS) is 12.8. The number of hydrogen-bond donors (Lipinski definition) is 3. The van der Waals surface area contributed by atoms with Crippen molar-refractivity contribution in [3.63, 3.8) is 0 Å². The Labute approximate surface area is 189 Å². The third-order valence-electron chi connectivity index (χ3n) is 2.65. The molecule has 1 aromatic heterocycles. The Morgan fingerprint density at radius 1 is 1.17 bits per heavy atom. The summed E-state index contributed by atoms with van der Waals surface area (Å²) in [6.07, 6.45) is 3.80. The molecule has 24 heavy (non-hydrogen) atoms. The Hall–Kier alpha value is 1.76. The van der Waals surface area contributed by atoms with Gasteiger partial charge in [0.2, 0.25) is 0 Å². The van der Waals surface area contributed by atoms with Crippen molar-refractivity contribution in [2.75, 3.05) is 12.3 Å². The Morgan fingerprint density at radius 3 is 2.33 bits per heavy atom. The predicted molar refractivity (Wildman–Crippen MR) is 80.3 cm³/mol. The van der Waals surface area contributed by atoms with Gasteiger partial charge in [0.15, 0.2) is 0 Å². The third kappa shape index (κ3) is 12.2. The van der Waals surface area contributed by atoms with Crippen molar-refractivity contribution in [3.05, 3.63) is 24.4 Å². The van der Waals surface area contributed by atoms with E-state index >= 15 is 0 Å². The van der Waals surface area contributed by atoms with E-state index in [2.05, 4.69) is 10.3 Å². The molecule has 0 amide bonds. The van der Waals surface area contributed by atoms with Crippen molar-refractivity contribution < 1.29 is 87.8 Å². The quantitative estimate of drug-likeness (QED) is 0.148. The molecule has 0 aliphatic rings. The number of thioether (sulfide) groups is 1. The molecule has 3 N–H and O–H groups in total. The van der Waals surface area contributed by atoms with E-state index in [-0.39, 0.29) is 65.7 Å². The first-order valence-corrected chi connectivity index (χ1v) is 10.8. The third-order valence-corrected chi connectivity index (χ3v) is 7.04. The van der Waals surface area contributed by atoms with Crippen LogP contribution in [-0.4, -0.2) is 32.6 Å². The molecule has 126 valence electrons. The molecule has 1 rings (SSSR count). The average Bonchev–Trinajstić information content (AvgIpc) is 2.40. The van der Waals surface area contributed by atoms with E-state index in [0.29, 0.717) is 6.42 Å². The largest absolute Gasteiger partial charge is 1.00 e. The van der Waals surface area contributed by atoms with Gasteiger partial charge in [-0.3, -0.25) is 9.88 Å². The maximum absolute atomic E-state index is 11.0. The van der Waals surface area contributed by atoms with Gasteiger partial charge in [-0.15, -0.1) is 11.8 Å². The first-order valence-electron chi connectivity index (χ1n) is 6.55. The van der Waals surface area contributed by atoms with Crippen LogP contribution in [0.15, 0.2) is 29.4 Å². The molecule has 13 heteroatoms. The first-order chi connectivity index (χ1) is 10.2. The molecule has 8 nitrogen and oxygen atoms in total. The minimum Gasteiger partial charge on any atom is -0.809 e. The van der Waals surface area contributed by atoms with Gasteiger partial charge < -0.3 is 24.1 Å². The fourth-order valence-electron chi connectivity index (χ4n) is 1.66. The minimum atomic E-state index is -5.39. The molecule has 1 aromatic rings. The van der Waals surface area contributed by atoms with Crippen LogP contribution < -0.4 is 74.2 Å². The smallest absolute Gasteiger partial charge is 0.809 e. The number of rotatable bonds is 10. The zero-order valence-corrected chi connectivity index (χ0v) is 20.3. The summed E-state index contributed by atoms with van der Waals surface area (Å²) >= 11 is 1.59. The number of nitrogens with zero attached hydrogens (tertiary/aromatic N) is 1. The van der Waals surface area contributed by atoms with Crippen LogP contribution in [0.2, 0.25) is 0 Å². The second-order valence-corrected chi connectivity index (χ2v) is 9.35. The molecule has 0 saturated carbocycles. The fraction of sp³-hybridized carbons (Fsp3) is 0.545. The van der Waals surface area contributed by atoms with Crippen molar-refractivity contribution >= 4 is 27.0 Å². The Bertz CT molecular complexity index is 523. The van der Waals surface area contributed by atoms with Crippen LogP contribution in [0, 0.1) is 0 Å². The summed E-state index contributed by atoms with van der Waals surface area (Å²) in [7, 11) is -10.4. The summed E-state index contributed by atoms with van der Waals surface area (Å²) in [5, 5.41) is 3.06. The Balaban J connectivity index is 0. The van der Waals surface area contributed by atoms with Gasteiger partial charge in [0.05, 0.1) is 5.03 Å². The SMILES string of the molecule is O=P([O-])([O-])C(NCCCCCSc1ccccn1)P(=O)(O)O.[Na+].[Na+]. The van der Waals surface area contributed by atoms with Crippen molar-refractivity contribution in [2.45, 2.75) is 29.8 Å². The Morgan fingerprint density at radius 2 is 1.83 bits per heavy atom. The van der Waals surface area contributed by atoms with E-state index in [0.717, 1.165) is 23.6 Å². The number of hydrogen-bond acceptors (Lipinski definition) is 7. The van der Waals surface area contributed by atoms with Crippen LogP contribution in [0.1, 0.15) is 19.3 Å². The van der Waals surface area contributed by atoms with Crippen LogP contribution in [0.4, 0.5) is 0 Å². The molecule has 0 saturated heterocycles. The molecule has 1 unspecified atom stereocenters. The van der Waals surface area contributed by atoms with Crippen molar-refractivity contribution in [1.29, 1.82) is 0 Å². The van der Waals surface area contributed by atoms with Gasteiger partial charge in [-0.1, -0.05) is 12.5 Å². The van der Waals surface area contributed by atoms with E-state index in [1.807, 2.05) is 18.2 Å². The van der Waals surface area contributed by atoms with Gasteiger partial charge in [0, 0.05) is 6.20 Å². The van der Waals surface area contributed by atoms with Crippen molar-refractivity contribution in [2.24, 2.45) is 0 Å². The zero-order valence-electron chi connectivity index (χ0n) is 13.7. The van der Waals surface area contributed by atoms with Gasteiger partial charge in [-0.25, -0.2) is 4.98 Å². The van der Waals surface area contributed by atoms with Crippen LogP contribution in [0.5, 0.6) is 0 Å². The van der Waals surface area contributed by atoms with Crippen LogP contribution in [0.3, 0.4) is 0 Å². The van der Waals surface area contributed by atoms with Gasteiger partial charge >= 0.3 is 66.7 Å². The number of nitrogens with one attached hydrogen (secondary N) is 1. The molecule has 0 fully saturated rings. The van der Waals surface area contributed by atoms with Gasteiger partial charge in [0.25, 0.3) is 0 Å². The van der Waals surface area contributed by atoms with E-state index in [9.17, 15) is 18.9 Å². The van der Waals surface area contributed by atoms with Gasteiger partial charge in [0.1, 0.15) is 5.52 Å². The van der Waals surface area contributed by atoms with Crippen molar-refractivity contribution in [3.8, 4) is 0 Å². The molecule has 0 radical (unpaired) electrons. The summed E-state index contributed by atoms with van der Waals surface area (Å²) in [5.41, 5.74) is -2.34. The van der Waals surface area contributed by atoms with Gasteiger partial charge in [-0.2, -0.15) is 0 Å². The molecular weight excluding hydrogens is 396 g/mol. The number of aromatic nitrogens is 1. The topological polar surface area (TPSA) is 146 Å². The molecule has 0 aliphatic heterocycles. The number of unbranched alkanes of at least 4 members (excludes halogenated alkanes) is 2. The number of pyridine rings is 1. The van der Waals surface area contributed by atoms with E-state index in [1.54, 1.807) is 18.0 Å². The van der Waals surface area contributed by atoms with Gasteiger partial charge in [-0.05, 0) is 44.9 Å². The maximum atomic E-state index is 11.0. The van der Waals surface area contributed by atoms with Crippen LogP contribution in [-0.2, 0) is 9.13 Å². The molecule has 0 aliphatic carbocycles. The summed E-state index contributed by atoms with van der Waals surface area (Å²) in [6, 6.07) is 5.63. The standard InChI is InChI=1S/C11H20N2O6P2S.2Na/c14-20(15,16)11(21(17,18)19)13-8-3-1-5-9-22-10-6-2-4-7-12-10;;/h2,4,6-7,11,13H,1,3,5,8-9H2,(H2,14,15,16)(H2,17,18,19);;/q;2*+1/p-2. The average molecular weight is 414 g/mol. The summed E-state index contributed by atoms with van der Waals surface area (Å²) in [4.78, 5) is 43.5. The summed E-state index contributed by atoms with van der Waals surface area (Å²) in [6.45, 7) is 0.0541. The molecule has 1 heterocycles. The monoisotopic (exact) mass is 414 g/mol. The summed E-state index contributed by atoms with van der Waals surface area (Å²) in [5.74, 6) is 0.834. The molecule has 0 spiro atoms. The predicted octanol–water partition coefficient (Wildman–Crippen LogP) is -5.68. The van der Waals surface area contributed by atoms with Crippen LogP contribution >= 0.6 is 27.0 Å². The zero-order chi connectivity index (χ0) is 16.6. The first kappa shape index (κ1) is 28.0. The molecule has 0 aromatic carbocycles. The fourth-order valence-corrected chi connectivity index (χ4v) is 4.72. The van der Waals surface area contributed by atoms with Crippen LogP contribution in [0.25, 0.3) is 0 Å². The molecule has 1 atom stereocenters.